The van der Waals surface area contributed by atoms with Gasteiger partial charge in [0.1, 0.15) is 11.9 Å². The molecule has 4 N–H and O–H groups in total. The van der Waals surface area contributed by atoms with Crippen molar-refractivity contribution in [1.82, 2.24) is 21.0 Å². The molecule has 6 aliphatic rings. The number of nitrogens with one attached hydrogen (secondary N) is 4. The Balaban J connectivity index is 1.19. The summed E-state index contributed by atoms with van der Waals surface area (Å²) >= 11 is 6.85. The zero-order valence-electron chi connectivity index (χ0n) is 23.6. The lowest BCUT2D eigenvalue weighted by Crippen LogP contribution is -2.51. The monoisotopic (exact) mass is 570 g/mol. The van der Waals surface area contributed by atoms with Gasteiger partial charge in [-0.25, -0.2) is 4.39 Å². The van der Waals surface area contributed by atoms with Gasteiger partial charge in [-0.05, 0) is 98.4 Å². The van der Waals surface area contributed by atoms with Gasteiger partial charge in [0.25, 0.3) is 0 Å². The second-order valence-corrected chi connectivity index (χ2v) is 12.9. The van der Waals surface area contributed by atoms with Crippen LogP contribution in [-0.4, -0.2) is 22.1 Å². The summed E-state index contributed by atoms with van der Waals surface area (Å²) in [5.41, 5.74) is 9.93. The molecular formula is C32H33ClFN7. The molecule has 5 fully saturated rings. The average molecular weight is 571 g/mol. The van der Waals surface area contributed by atoms with E-state index >= 15 is 0 Å². The average Bonchev–Trinajstić information content (AvgIpc) is 3.70. The molecule has 0 radical (unpaired) electrons. The van der Waals surface area contributed by atoms with E-state index in [0.717, 1.165) is 35.8 Å². The molecule has 5 saturated carbocycles. The van der Waals surface area contributed by atoms with E-state index < -0.39 is 6.02 Å². The molecule has 4 bridgehead atoms. The van der Waals surface area contributed by atoms with Gasteiger partial charge in [-0.15, -0.1) is 5.53 Å². The Morgan fingerprint density at radius 3 is 2.51 bits per heavy atom. The number of hydrogen-bond acceptors (Lipinski definition) is 7. The first-order valence-corrected chi connectivity index (χ1v) is 15.1. The number of rotatable bonds is 7. The van der Waals surface area contributed by atoms with Gasteiger partial charge in [-0.1, -0.05) is 23.7 Å². The topological polar surface area (TPSA) is 88.0 Å². The molecule has 0 saturated heterocycles. The number of nitriles is 1. The maximum absolute atomic E-state index is 13.9. The first kappa shape index (κ1) is 24.1. The van der Waals surface area contributed by atoms with Crippen LogP contribution in [0.3, 0.4) is 0 Å². The third-order valence-electron chi connectivity index (χ3n) is 9.78. The quantitative estimate of drug-likeness (QED) is 0.254. The Labute approximate surface area is 245 Å². The highest BCUT2D eigenvalue weighted by atomic mass is 35.5. The molecule has 1 unspecified atom stereocenters. The smallest absolute Gasteiger partial charge is 0.123 e. The lowest BCUT2D eigenvalue weighted by Gasteiger charge is -2.54. The highest BCUT2D eigenvalue weighted by Gasteiger charge is 2.48. The summed E-state index contributed by atoms with van der Waals surface area (Å²) in [6, 6.07) is 11.2. The molecule has 7 nitrogen and oxygen atoms in total. The highest BCUT2D eigenvalue weighted by molar-refractivity contribution is 6.35. The fourth-order valence-electron chi connectivity index (χ4n) is 7.96. The molecule has 210 valence electrons. The number of anilines is 2. The lowest BCUT2D eigenvalue weighted by molar-refractivity contribution is 0.00757. The molecule has 2 aromatic carbocycles. The Morgan fingerprint density at radius 2 is 1.83 bits per heavy atom. The molecule has 41 heavy (non-hydrogen) atoms. The molecule has 1 aromatic heterocycles. The molecule has 0 spiro atoms. The summed E-state index contributed by atoms with van der Waals surface area (Å²) in [5, 5.41) is 20.5. The summed E-state index contributed by atoms with van der Waals surface area (Å²) in [6.45, 7) is 0. The molecule has 0 amide bonds. The number of nitrogens with zero attached hydrogens (tertiary/aromatic N) is 3. The minimum atomic E-state index is -1.49. The van der Waals surface area contributed by atoms with Crippen molar-refractivity contribution in [3.05, 3.63) is 76.5 Å². The number of pyridine rings is 1. The van der Waals surface area contributed by atoms with Crippen LogP contribution in [0.5, 0.6) is 0 Å². The number of fused-ring (bicyclic) bond motifs is 1. The van der Waals surface area contributed by atoms with Gasteiger partial charge in [-0.2, -0.15) is 5.26 Å². The normalized spacial score (nSPS) is 29.9. The first-order chi connectivity index (χ1) is 20.4. The van der Waals surface area contributed by atoms with Crippen molar-refractivity contribution in [2.75, 3.05) is 10.6 Å². The molecule has 9 rings (SSSR count). The van der Waals surface area contributed by atoms with Gasteiger partial charge in [0.2, 0.25) is 0 Å². The van der Waals surface area contributed by atoms with Crippen molar-refractivity contribution < 1.29 is 5.76 Å². The molecule has 9 heteroatoms. The van der Waals surface area contributed by atoms with E-state index in [1.165, 1.54) is 44.2 Å². The van der Waals surface area contributed by atoms with Gasteiger partial charge in [0.15, 0.2) is 0 Å². The van der Waals surface area contributed by atoms with Crippen LogP contribution in [0.15, 0.2) is 54.5 Å². The lowest BCUT2D eigenvalue weighted by atomic mass is 9.54. The number of aromatic nitrogens is 1. The summed E-state index contributed by atoms with van der Waals surface area (Å²) in [4.78, 5) is 4.56. The molecule has 1 aliphatic heterocycles. The van der Waals surface area contributed by atoms with Crippen LogP contribution < -0.4 is 21.6 Å². The van der Waals surface area contributed by atoms with E-state index in [4.69, 9.17) is 11.6 Å². The van der Waals surface area contributed by atoms with Crippen LogP contribution in [0.4, 0.5) is 15.8 Å². The van der Waals surface area contributed by atoms with Crippen molar-refractivity contribution in [2.24, 2.45) is 23.7 Å². The summed E-state index contributed by atoms with van der Waals surface area (Å²) < 4.78 is 23.6. The first-order valence-electron chi connectivity index (χ1n) is 15.2. The van der Waals surface area contributed by atoms with Crippen LogP contribution in [-0.2, 0) is 0 Å². The molecule has 1 atom stereocenters. The van der Waals surface area contributed by atoms with Gasteiger partial charge < -0.3 is 16.1 Å². The second kappa shape index (κ2) is 9.78. The second-order valence-electron chi connectivity index (χ2n) is 12.5. The minimum Gasteiger partial charge on any atom is -0.380 e. The Bertz CT molecular complexity index is 1610. The van der Waals surface area contributed by atoms with E-state index in [-0.39, 0.29) is 5.82 Å². The summed E-state index contributed by atoms with van der Waals surface area (Å²) in [5.74, 6) is 2.57. The minimum absolute atomic E-state index is 0.327. The molecule has 2 heterocycles. The largest absolute Gasteiger partial charge is 0.380 e. The van der Waals surface area contributed by atoms with E-state index in [0.29, 0.717) is 57.0 Å². The fraction of sp³-hybridized carbons (Fsp3) is 0.438. The van der Waals surface area contributed by atoms with Crippen molar-refractivity contribution in [3.8, 4) is 6.07 Å². The molecular weight excluding hydrogens is 537 g/mol. The SMILES string of the molecule is [2H]C(Nc1cc(Cl)c2ncc(C#N)c(NC3C4CC5CC(C4)CC3C5)c2c1)(C1=CN(C2CC2)NN1)c1ccc(F)cc1. The highest BCUT2D eigenvalue weighted by Crippen LogP contribution is 2.54. The summed E-state index contributed by atoms with van der Waals surface area (Å²) in [6.07, 6.45) is 12.1. The van der Waals surface area contributed by atoms with E-state index in [1.807, 2.05) is 17.3 Å². The van der Waals surface area contributed by atoms with Crippen LogP contribution in [0.25, 0.3) is 10.9 Å². The predicted molar refractivity (Wildman–Crippen MR) is 158 cm³/mol. The standard InChI is InChI=1S/C32H33ClFN7/c33-27-13-24(37-31(19-1-3-23(34)4-2-19)28-16-41(40-39-28)25-5-6-25)12-26-30(22(14-35)15-36-32(26)27)38-29-20-8-17-7-18(10-20)11-21(29)9-17/h1-4,12-13,15-18,20-21,25,29,31,37,39-40H,5-11H2,(H,36,38)/i31D. The van der Waals surface area contributed by atoms with Gasteiger partial charge in [-0.3, -0.25) is 9.99 Å². The van der Waals surface area contributed by atoms with Crippen molar-refractivity contribution >= 4 is 33.9 Å². The van der Waals surface area contributed by atoms with Crippen LogP contribution in [0.2, 0.25) is 5.02 Å². The van der Waals surface area contributed by atoms with Crippen LogP contribution in [0, 0.1) is 40.8 Å². The van der Waals surface area contributed by atoms with Gasteiger partial charge in [0, 0.05) is 35.6 Å². The Kier molecular flexibility index (Phi) is 5.75. The summed E-state index contributed by atoms with van der Waals surface area (Å²) in [7, 11) is 0. The zero-order valence-corrected chi connectivity index (χ0v) is 23.4. The number of halogens is 2. The van der Waals surface area contributed by atoms with Gasteiger partial charge in [0.05, 0.1) is 34.9 Å². The predicted octanol–water partition coefficient (Wildman–Crippen LogP) is 6.62. The zero-order chi connectivity index (χ0) is 28.6. The number of benzene rings is 2. The molecule has 3 aromatic rings. The van der Waals surface area contributed by atoms with Crippen LogP contribution >= 0.6 is 11.6 Å². The van der Waals surface area contributed by atoms with E-state index in [9.17, 15) is 11.0 Å². The van der Waals surface area contributed by atoms with Crippen molar-refractivity contribution in [2.45, 2.75) is 63.0 Å². The van der Waals surface area contributed by atoms with Crippen molar-refractivity contribution in [3.63, 3.8) is 0 Å². The third kappa shape index (κ3) is 4.56. The van der Waals surface area contributed by atoms with Crippen LogP contribution in [0.1, 0.15) is 63.5 Å². The van der Waals surface area contributed by atoms with Crippen molar-refractivity contribution in [1.29, 1.82) is 5.26 Å². The maximum atomic E-state index is 13.9. The van der Waals surface area contributed by atoms with E-state index in [1.54, 1.807) is 24.4 Å². The molecule has 5 aliphatic carbocycles. The Hall–Kier alpha value is -3.54. The number of hydrazine groups is 2. The van der Waals surface area contributed by atoms with Gasteiger partial charge >= 0.3 is 0 Å². The third-order valence-corrected chi connectivity index (χ3v) is 10.1. The Morgan fingerprint density at radius 1 is 1.10 bits per heavy atom. The fourth-order valence-corrected chi connectivity index (χ4v) is 8.23. The number of hydrogen-bond donors (Lipinski definition) is 4. The maximum Gasteiger partial charge on any atom is 0.123 e. The van der Waals surface area contributed by atoms with E-state index in [2.05, 4.69) is 32.6 Å².